The van der Waals surface area contributed by atoms with Gasteiger partial charge in [0.25, 0.3) is 0 Å². The number of hydrogen-bond donors (Lipinski definition) is 2. The first-order valence-corrected chi connectivity index (χ1v) is 6.91. The second-order valence-electron chi connectivity index (χ2n) is 5.08. The topological polar surface area (TPSA) is 42.5 Å². The van der Waals surface area contributed by atoms with E-state index in [1.165, 1.54) is 11.1 Å². The highest BCUT2D eigenvalue weighted by Gasteiger charge is 2.12. The van der Waals surface area contributed by atoms with Gasteiger partial charge in [-0.1, -0.05) is 0 Å². The third kappa shape index (κ3) is 3.85. The van der Waals surface area contributed by atoms with E-state index in [-0.39, 0.29) is 0 Å². The monoisotopic (exact) mass is 264 g/mol. The number of rotatable bonds is 5. The zero-order valence-corrected chi connectivity index (χ0v) is 12.1. The van der Waals surface area contributed by atoms with Crippen LogP contribution in [0.25, 0.3) is 0 Å². The Bertz CT molecular complexity index is 392. The molecule has 1 heterocycles. The van der Waals surface area contributed by atoms with E-state index in [0.717, 1.165) is 44.2 Å². The molecule has 0 radical (unpaired) electrons. The standard InChI is InChI=1S/C15H24N2O2/c1-11-8-14(9-12(2)15(11)18-3)16-5-4-13-10-19-7-6-17-13/h8-9,13,16-17H,4-7,10H2,1-3H3. The molecule has 4 heteroatoms. The van der Waals surface area contributed by atoms with Crippen molar-refractivity contribution in [2.75, 3.05) is 38.7 Å². The lowest BCUT2D eigenvalue weighted by atomic mass is 10.1. The maximum atomic E-state index is 5.45. The third-order valence-electron chi connectivity index (χ3n) is 3.48. The first kappa shape index (κ1) is 14.2. The molecule has 0 bridgehead atoms. The van der Waals surface area contributed by atoms with Crippen LogP contribution in [0.3, 0.4) is 0 Å². The van der Waals surface area contributed by atoms with Crippen molar-refractivity contribution < 1.29 is 9.47 Å². The van der Waals surface area contributed by atoms with Crippen LogP contribution in [-0.2, 0) is 4.74 Å². The highest BCUT2D eigenvalue weighted by molar-refractivity contribution is 5.55. The van der Waals surface area contributed by atoms with E-state index in [1.54, 1.807) is 7.11 Å². The Morgan fingerprint density at radius 2 is 2.11 bits per heavy atom. The number of hydrogen-bond acceptors (Lipinski definition) is 4. The molecule has 1 atom stereocenters. The van der Waals surface area contributed by atoms with E-state index in [1.807, 2.05) is 0 Å². The van der Waals surface area contributed by atoms with Gasteiger partial charge in [0, 0.05) is 24.8 Å². The van der Waals surface area contributed by atoms with Crippen molar-refractivity contribution >= 4 is 5.69 Å². The van der Waals surface area contributed by atoms with Crippen LogP contribution < -0.4 is 15.4 Å². The summed E-state index contributed by atoms with van der Waals surface area (Å²) in [6, 6.07) is 4.74. The summed E-state index contributed by atoms with van der Waals surface area (Å²) in [6.45, 7) is 7.72. The summed E-state index contributed by atoms with van der Waals surface area (Å²) in [5.74, 6) is 0.980. The van der Waals surface area contributed by atoms with Crippen molar-refractivity contribution in [1.82, 2.24) is 5.32 Å². The minimum Gasteiger partial charge on any atom is -0.496 e. The lowest BCUT2D eigenvalue weighted by molar-refractivity contribution is 0.0753. The molecule has 19 heavy (non-hydrogen) atoms. The predicted molar refractivity (Wildman–Crippen MR) is 78.2 cm³/mol. The molecule has 2 N–H and O–H groups in total. The lowest BCUT2D eigenvalue weighted by Gasteiger charge is -2.24. The molecule has 1 aromatic rings. The van der Waals surface area contributed by atoms with E-state index in [4.69, 9.17) is 9.47 Å². The molecule has 1 saturated heterocycles. The highest BCUT2D eigenvalue weighted by atomic mass is 16.5. The van der Waals surface area contributed by atoms with Crippen LogP contribution in [0.15, 0.2) is 12.1 Å². The van der Waals surface area contributed by atoms with Gasteiger partial charge in [-0.25, -0.2) is 0 Å². The summed E-state index contributed by atoms with van der Waals surface area (Å²) in [5, 5.41) is 6.94. The number of aryl methyl sites for hydroxylation is 2. The second kappa shape index (κ2) is 6.78. The molecule has 4 nitrogen and oxygen atoms in total. The minimum absolute atomic E-state index is 0.474. The quantitative estimate of drug-likeness (QED) is 0.854. The van der Waals surface area contributed by atoms with Crippen molar-refractivity contribution in [1.29, 1.82) is 0 Å². The molecule has 0 saturated carbocycles. The number of ether oxygens (including phenoxy) is 2. The van der Waals surface area contributed by atoms with Crippen molar-refractivity contribution in [3.8, 4) is 5.75 Å². The van der Waals surface area contributed by atoms with Crippen LogP contribution in [0.5, 0.6) is 5.75 Å². The Morgan fingerprint density at radius 3 is 2.68 bits per heavy atom. The summed E-state index contributed by atoms with van der Waals surface area (Å²) in [5.41, 5.74) is 3.50. The van der Waals surface area contributed by atoms with Crippen molar-refractivity contribution in [2.45, 2.75) is 26.3 Å². The van der Waals surface area contributed by atoms with Crippen LogP contribution in [0.4, 0.5) is 5.69 Å². The van der Waals surface area contributed by atoms with Gasteiger partial charge in [-0.2, -0.15) is 0 Å². The largest absolute Gasteiger partial charge is 0.496 e. The van der Waals surface area contributed by atoms with Gasteiger partial charge in [-0.15, -0.1) is 0 Å². The Labute approximate surface area is 115 Å². The van der Waals surface area contributed by atoms with Crippen LogP contribution in [0, 0.1) is 13.8 Å². The van der Waals surface area contributed by atoms with Gasteiger partial charge in [-0.05, 0) is 43.5 Å². The van der Waals surface area contributed by atoms with Gasteiger partial charge in [0.2, 0.25) is 0 Å². The smallest absolute Gasteiger partial charge is 0.124 e. The fourth-order valence-corrected chi connectivity index (χ4v) is 2.57. The average molecular weight is 264 g/mol. The van der Waals surface area contributed by atoms with Gasteiger partial charge < -0.3 is 20.1 Å². The van der Waals surface area contributed by atoms with Crippen molar-refractivity contribution in [3.05, 3.63) is 23.3 Å². The summed E-state index contributed by atoms with van der Waals surface area (Å²) in [7, 11) is 1.72. The molecule has 1 aliphatic rings. The lowest BCUT2D eigenvalue weighted by Crippen LogP contribution is -2.42. The SMILES string of the molecule is COc1c(C)cc(NCCC2COCCN2)cc1C. The van der Waals surface area contributed by atoms with Gasteiger partial charge in [0.05, 0.1) is 20.3 Å². The average Bonchev–Trinajstić information content (AvgIpc) is 2.40. The molecule has 0 spiro atoms. The summed E-state index contributed by atoms with van der Waals surface area (Å²) >= 11 is 0. The minimum atomic E-state index is 0.474. The third-order valence-corrected chi connectivity index (χ3v) is 3.48. The normalized spacial score (nSPS) is 19.2. The van der Waals surface area contributed by atoms with Crippen LogP contribution >= 0.6 is 0 Å². The van der Waals surface area contributed by atoms with Crippen LogP contribution in [0.2, 0.25) is 0 Å². The van der Waals surface area contributed by atoms with Gasteiger partial charge >= 0.3 is 0 Å². The van der Waals surface area contributed by atoms with E-state index >= 15 is 0 Å². The van der Waals surface area contributed by atoms with E-state index in [9.17, 15) is 0 Å². The molecule has 1 unspecified atom stereocenters. The molecule has 1 aromatic carbocycles. The molecule has 1 aliphatic heterocycles. The summed E-state index contributed by atoms with van der Waals surface area (Å²) in [6.07, 6.45) is 1.07. The van der Waals surface area contributed by atoms with E-state index in [2.05, 4.69) is 36.6 Å². The number of nitrogens with one attached hydrogen (secondary N) is 2. The number of anilines is 1. The molecule has 106 valence electrons. The maximum absolute atomic E-state index is 5.45. The Kier molecular flexibility index (Phi) is 5.05. The maximum Gasteiger partial charge on any atom is 0.124 e. The molecule has 0 aliphatic carbocycles. The van der Waals surface area contributed by atoms with Crippen LogP contribution in [0.1, 0.15) is 17.5 Å². The van der Waals surface area contributed by atoms with Gasteiger partial charge in [0.1, 0.15) is 5.75 Å². The first-order chi connectivity index (χ1) is 9.20. The van der Waals surface area contributed by atoms with Crippen molar-refractivity contribution in [3.63, 3.8) is 0 Å². The van der Waals surface area contributed by atoms with E-state index in [0.29, 0.717) is 6.04 Å². The fourth-order valence-electron chi connectivity index (χ4n) is 2.57. The zero-order chi connectivity index (χ0) is 13.7. The van der Waals surface area contributed by atoms with Crippen molar-refractivity contribution in [2.24, 2.45) is 0 Å². The predicted octanol–water partition coefficient (Wildman–Crippen LogP) is 2.10. The van der Waals surface area contributed by atoms with Gasteiger partial charge in [-0.3, -0.25) is 0 Å². The number of morpholine rings is 1. The number of benzene rings is 1. The molecule has 0 amide bonds. The Morgan fingerprint density at radius 1 is 1.37 bits per heavy atom. The fraction of sp³-hybridized carbons (Fsp3) is 0.600. The Hall–Kier alpha value is -1.26. The summed E-state index contributed by atoms with van der Waals surface area (Å²) in [4.78, 5) is 0. The molecule has 0 aromatic heterocycles. The first-order valence-electron chi connectivity index (χ1n) is 6.91. The molecular formula is C15H24N2O2. The molecule has 1 fully saturated rings. The van der Waals surface area contributed by atoms with E-state index < -0.39 is 0 Å². The highest BCUT2D eigenvalue weighted by Crippen LogP contribution is 2.26. The zero-order valence-electron chi connectivity index (χ0n) is 12.1. The second-order valence-corrected chi connectivity index (χ2v) is 5.08. The summed E-state index contributed by atoms with van der Waals surface area (Å²) < 4.78 is 10.8. The van der Waals surface area contributed by atoms with Gasteiger partial charge in [0.15, 0.2) is 0 Å². The Balaban J connectivity index is 1.85. The molecular weight excluding hydrogens is 240 g/mol. The number of methoxy groups -OCH3 is 1. The molecule has 2 rings (SSSR count). The van der Waals surface area contributed by atoms with Crippen LogP contribution in [-0.4, -0.2) is 39.5 Å².